The van der Waals surface area contributed by atoms with Gasteiger partial charge in [-0.05, 0) is 49.7 Å². The first kappa shape index (κ1) is 19.7. The molecule has 1 heterocycles. The minimum absolute atomic E-state index is 0.358. The van der Waals surface area contributed by atoms with Crippen molar-refractivity contribution in [2.75, 3.05) is 7.11 Å². The van der Waals surface area contributed by atoms with Crippen molar-refractivity contribution in [1.29, 1.82) is 0 Å². The minimum atomic E-state index is -0.358. The number of carbonyl (C=O) groups excluding carboxylic acids is 1. The van der Waals surface area contributed by atoms with E-state index in [0.717, 1.165) is 28.2 Å². The van der Waals surface area contributed by atoms with Crippen LogP contribution in [0.15, 0.2) is 59.7 Å². The lowest BCUT2D eigenvalue weighted by Gasteiger charge is -2.13. The van der Waals surface area contributed by atoms with Gasteiger partial charge < -0.3 is 14.7 Å². The largest absolute Gasteiger partial charge is 0.465 e. The van der Waals surface area contributed by atoms with Crippen LogP contribution in [-0.2, 0) is 11.3 Å². The Bertz CT molecular complexity index is 1010. The highest BCUT2D eigenvalue weighted by Crippen LogP contribution is 2.23. The summed E-state index contributed by atoms with van der Waals surface area (Å²) in [6.07, 6.45) is 1.79. The summed E-state index contributed by atoms with van der Waals surface area (Å²) in [6.45, 7) is 4.61. The van der Waals surface area contributed by atoms with E-state index in [1.54, 1.807) is 12.3 Å². The molecule has 0 unspecified atom stereocenters. The van der Waals surface area contributed by atoms with Gasteiger partial charge in [0, 0.05) is 22.0 Å². The number of hydrogen-bond donors (Lipinski definition) is 1. The first-order valence-corrected chi connectivity index (χ1v) is 9.26. The monoisotopic (exact) mass is 395 g/mol. The molecule has 0 saturated carbocycles. The zero-order valence-corrected chi connectivity index (χ0v) is 16.8. The first-order chi connectivity index (χ1) is 13.5. The van der Waals surface area contributed by atoms with Gasteiger partial charge >= 0.3 is 5.97 Å². The molecule has 0 saturated heterocycles. The second-order valence-corrected chi connectivity index (χ2v) is 6.83. The van der Waals surface area contributed by atoms with Crippen molar-refractivity contribution in [2.24, 2.45) is 5.10 Å². The number of hydrazone groups is 1. The van der Waals surface area contributed by atoms with Crippen molar-refractivity contribution in [3.8, 4) is 5.69 Å². The molecule has 5 nitrogen and oxygen atoms in total. The van der Waals surface area contributed by atoms with Gasteiger partial charge in [0.05, 0.1) is 31.1 Å². The molecular weight excluding hydrogens is 374 g/mol. The van der Waals surface area contributed by atoms with Crippen LogP contribution in [0.3, 0.4) is 0 Å². The smallest absolute Gasteiger partial charge is 0.339 e. The van der Waals surface area contributed by atoms with Gasteiger partial charge in [-0.1, -0.05) is 35.9 Å². The van der Waals surface area contributed by atoms with Gasteiger partial charge in [-0.2, -0.15) is 5.10 Å². The van der Waals surface area contributed by atoms with E-state index in [9.17, 15) is 4.79 Å². The predicted molar refractivity (Wildman–Crippen MR) is 112 cm³/mol. The normalized spacial score (nSPS) is 11.0. The topological polar surface area (TPSA) is 55.6 Å². The van der Waals surface area contributed by atoms with Crippen LogP contribution in [0.5, 0.6) is 0 Å². The van der Waals surface area contributed by atoms with Gasteiger partial charge in [-0.15, -0.1) is 0 Å². The van der Waals surface area contributed by atoms with Crippen LogP contribution in [0.4, 0.5) is 0 Å². The maximum atomic E-state index is 12.1. The number of benzene rings is 2. The number of nitrogens with one attached hydrogen (secondary N) is 1. The average Bonchev–Trinajstić information content (AvgIpc) is 2.99. The molecule has 0 fully saturated rings. The second kappa shape index (κ2) is 8.76. The zero-order chi connectivity index (χ0) is 20.1. The highest BCUT2D eigenvalue weighted by atomic mass is 35.5. The molecule has 0 aliphatic rings. The fourth-order valence-corrected chi connectivity index (χ4v) is 3.22. The molecule has 0 radical (unpaired) electrons. The summed E-state index contributed by atoms with van der Waals surface area (Å²) in [4.78, 5) is 12.1. The van der Waals surface area contributed by atoms with Gasteiger partial charge in [0.2, 0.25) is 0 Å². The maximum Gasteiger partial charge on any atom is 0.339 e. The van der Waals surface area contributed by atoms with Crippen LogP contribution in [0.25, 0.3) is 5.69 Å². The van der Waals surface area contributed by atoms with Crippen molar-refractivity contribution in [2.45, 2.75) is 20.4 Å². The Balaban J connectivity index is 1.81. The summed E-state index contributed by atoms with van der Waals surface area (Å²) in [5.74, 6) is -0.358. The Morgan fingerprint density at radius 1 is 1.18 bits per heavy atom. The third-order valence-corrected chi connectivity index (χ3v) is 4.76. The fraction of sp³-hybridized carbons (Fsp3) is 0.182. The highest BCUT2D eigenvalue weighted by molar-refractivity contribution is 6.30. The van der Waals surface area contributed by atoms with E-state index in [0.29, 0.717) is 17.1 Å². The quantitative estimate of drug-likeness (QED) is 0.375. The van der Waals surface area contributed by atoms with E-state index < -0.39 is 0 Å². The molecule has 1 aromatic heterocycles. The Kier molecular flexibility index (Phi) is 6.16. The lowest BCUT2D eigenvalue weighted by Crippen LogP contribution is -2.10. The number of para-hydroxylation sites is 1. The highest BCUT2D eigenvalue weighted by Gasteiger charge is 2.16. The van der Waals surface area contributed by atoms with E-state index in [4.69, 9.17) is 16.3 Å². The zero-order valence-electron chi connectivity index (χ0n) is 16.1. The SMILES string of the molecule is COC(=O)c1ccccc1-n1c(C)cc(/C=N\NCc2ccc(Cl)cc2)c1C. The maximum absolute atomic E-state index is 12.1. The van der Waals surface area contributed by atoms with E-state index >= 15 is 0 Å². The fourth-order valence-electron chi connectivity index (χ4n) is 3.09. The van der Waals surface area contributed by atoms with Crippen LogP contribution in [0.2, 0.25) is 5.02 Å². The van der Waals surface area contributed by atoms with E-state index in [1.165, 1.54) is 7.11 Å². The lowest BCUT2D eigenvalue weighted by molar-refractivity contribution is 0.0601. The van der Waals surface area contributed by atoms with Crippen LogP contribution in [0.1, 0.15) is 32.9 Å². The third-order valence-electron chi connectivity index (χ3n) is 4.51. The Morgan fingerprint density at radius 3 is 2.61 bits per heavy atom. The number of ether oxygens (including phenoxy) is 1. The molecule has 28 heavy (non-hydrogen) atoms. The number of esters is 1. The first-order valence-electron chi connectivity index (χ1n) is 8.88. The molecule has 0 aliphatic heterocycles. The Hall–Kier alpha value is -3.05. The van der Waals surface area contributed by atoms with Crippen molar-refractivity contribution < 1.29 is 9.53 Å². The number of methoxy groups -OCH3 is 1. The molecule has 0 spiro atoms. The van der Waals surface area contributed by atoms with Gasteiger partial charge in [0.15, 0.2) is 0 Å². The molecule has 3 aromatic rings. The lowest BCUT2D eigenvalue weighted by atomic mass is 10.1. The van der Waals surface area contributed by atoms with Crippen molar-refractivity contribution in [3.05, 3.63) is 87.7 Å². The number of nitrogens with zero attached hydrogens (tertiary/aromatic N) is 2. The second-order valence-electron chi connectivity index (χ2n) is 6.39. The van der Waals surface area contributed by atoms with Crippen LogP contribution >= 0.6 is 11.6 Å². The number of rotatable bonds is 6. The van der Waals surface area contributed by atoms with Gasteiger partial charge in [-0.25, -0.2) is 4.79 Å². The number of halogens is 1. The molecular formula is C22H22ClN3O2. The summed E-state index contributed by atoms with van der Waals surface area (Å²) in [5, 5.41) is 5.04. The molecule has 6 heteroatoms. The molecule has 0 aliphatic carbocycles. The van der Waals surface area contributed by atoms with E-state index in [-0.39, 0.29) is 5.97 Å². The van der Waals surface area contributed by atoms with E-state index in [1.807, 2.05) is 66.9 Å². The summed E-state index contributed by atoms with van der Waals surface area (Å²) < 4.78 is 6.95. The number of aryl methyl sites for hydroxylation is 1. The standard InChI is InChI=1S/C22H22ClN3O2/c1-15-12-18(14-25-24-13-17-8-10-19(23)11-9-17)16(2)26(15)21-7-5-4-6-20(21)22(27)28-3/h4-12,14,24H,13H2,1-3H3/b25-14-. The summed E-state index contributed by atoms with van der Waals surface area (Å²) in [7, 11) is 1.39. The van der Waals surface area contributed by atoms with Gasteiger partial charge in [0.25, 0.3) is 0 Å². The summed E-state index contributed by atoms with van der Waals surface area (Å²) in [6, 6.07) is 17.1. The molecule has 1 N–H and O–H groups in total. The molecule has 3 rings (SSSR count). The Morgan fingerprint density at radius 2 is 1.89 bits per heavy atom. The summed E-state index contributed by atoms with van der Waals surface area (Å²) >= 11 is 5.90. The van der Waals surface area contributed by atoms with Crippen LogP contribution in [0, 0.1) is 13.8 Å². The molecule has 0 atom stereocenters. The third kappa shape index (κ3) is 4.26. The number of hydrogen-bond acceptors (Lipinski definition) is 4. The number of carbonyl (C=O) groups is 1. The Labute approximate surface area is 169 Å². The van der Waals surface area contributed by atoms with Gasteiger partial charge in [0.1, 0.15) is 0 Å². The summed E-state index contributed by atoms with van der Waals surface area (Å²) in [5.41, 5.74) is 8.43. The van der Waals surface area contributed by atoms with Crippen LogP contribution in [-0.4, -0.2) is 23.9 Å². The average molecular weight is 396 g/mol. The van der Waals surface area contributed by atoms with Crippen LogP contribution < -0.4 is 5.43 Å². The van der Waals surface area contributed by atoms with Gasteiger partial charge in [-0.3, -0.25) is 0 Å². The molecule has 0 amide bonds. The molecule has 0 bridgehead atoms. The van der Waals surface area contributed by atoms with E-state index in [2.05, 4.69) is 10.5 Å². The minimum Gasteiger partial charge on any atom is -0.465 e. The predicted octanol–water partition coefficient (Wildman–Crippen LogP) is 4.66. The number of aromatic nitrogens is 1. The molecule has 2 aromatic carbocycles. The van der Waals surface area contributed by atoms with Crippen molar-refractivity contribution >= 4 is 23.8 Å². The van der Waals surface area contributed by atoms with Crippen molar-refractivity contribution in [1.82, 2.24) is 9.99 Å². The van der Waals surface area contributed by atoms with Crippen molar-refractivity contribution in [3.63, 3.8) is 0 Å². The molecule has 144 valence electrons.